The highest BCUT2D eigenvalue weighted by Gasteiger charge is 2.34. The van der Waals surface area contributed by atoms with E-state index in [1.807, 2.05) is 42.0 Å². The molecule has 25 heavy (non-hydrogen) atoms. The van der Waals surface area contributed by atoms with Gasteiger partial charge in [0.05, 0.1) is 24.5 Å². The van der Waals surface area contributed by atoms with E-state index < -0.39 is 0 Å². The molecule has 1 unspecified atom stereocenters. The van der Waals surface area contributed by atoms with Crippen LogP contribution in [0.4, 0.5) is 10.6 Å². The second-order valence-electron chi connectivity index (χ2n) is 7.51. The van der Waals surface area contributed by atoms with E-state index in [1.54, 1.807) is 4.68 Å². The van der Waals surface area contributed by atoms with Gasteiger partial charge in [-0.2, -0.15) is 10.2 Å². The number of aromatic nitrogens is 4. The van der Waals surface area contributed by atoms with Crippen molar-refractivity contribution in [3.05, 3.63) is 29.7 Å². The zero-order chi connectivity index (χ0) is 17.6. The summed E-state index contributed by atoms with van der Waals surface area (Å²) in [6.45, 7) is 4.75. The summed E-state index contributed by atoms with van der Waals surface area (Å²) in [7, 11) is 1.89. The molecule has 2 heterocycles. The summed E-state index contributed by atoms with van der Waals surface area (Å²) in [5.41, 5.74) is 1.99. The van der Waals surface area contributed by atoms with Crippen LogP contribution in [0.15, 0.2) is 18.5 Å². The van der Waals surface area contributed by atoms with Crippen LogP contribution in [0, 0.1) is 12.8 Å². The molecule has 2 saturated carbocycles. The van der Waals surface area contributed by atoms with E-state index >= 15 is 0 Å². The molecule has 2 fully saturated rings. The largest absolute Gasteiger partial charge is 0.323 e. The van der Waals surface area contributed by atoms with Gasteiger partial charge < -0.3 is 4.90 Å². The Morgan fingerprint density at radius 1 is 1.40 bits per heavy atom. The third kappa shape index (κ3) is 3.55. The van der Waals surface area contributed by atoms with Crippen molar-refractivity contribution in [1.29, 1.82) is 0 Å². The molecule has 2 aliphatic carbocycles. The highest BCUT2D eigenvalue weighted by Crippen LogP contribution is 2.40. The molecule has 0 aliphatic heterocycles. The predicted molar refractivity (Wildman–Crippen MR) is 95.2 cm³/mol. The van der Waals surface area contributed by atoms with Crippen LogP contribution in [0.5, 0.6) is 0 Å². The average Bonchev–Trinajstić information content (AvgIpc) is 3.48. The molecule has 1 atom stereocenters. The first-order valence-corrected chi connectivity index (χ1v) is 9.12. The van der Waals surface area contributed by atoms with Gasteiger partial charge in [0.15, 0.2) is 0 Å². The van der Waals surface area contributed by atoms with Crippen LogP contribution >= 0.6 is 0 Å². The third-order valence-corrected chi connectivity index (χ3v) is 5.14. The van der Waals surface area contributed by atoms with Crippen LogP contribution in [-0.4, -0.2) is 36.5 Å². The Kier molecular flexibility index (Phi) is 4.01. The van der Waals surface area contributed by atoms with Gasteiger partial charge in [0.25, 0.3) is 0 Å². The number of anilines is 1. The Hall–Kier alpha value is -2.31. The molecule has 2 aliphatic rings. The zero-order valence-electron chi connectivity index (χ0n) is 15.1. The van der Waals surface area contributed by atoms with Gasteiger partial charge in [0.1, 0.15) is 5.82 Å². The van der Waals surface area contributed by atoms with E-state index in [2.05, 4.69) is 22.4 Å². The maximum Gasteiger partial charge on any atom is 0.323 e. The van der Waals surface area contributed by atoms with Gasteiger partial charge in [0.2, 0.25) is 0 Å². The van der Waals surface area contributed by atoms with Crippen LogP contribution < -0.4 is 5.32 Å². The first kappa shape index (κ1) is 16.2. The molecule has 2 aromatic rings. The quantitative estimate of drug-likeness (QED) is 0.877. The Morgan fingerprint density at radius 3 is 2.76 bits per heavy atom. The van der Waals surface area contributed by atoms with E-state index in [0.717, 1.165) is 29.9 Å². The summed E-state index contributed by atoms with van der Waals surface area (Å²) in [6.07, 6.45) is 8.44. The topological polar surface area (TPSA) is 68.0 Å². The van der Waals surface area contributed by atoms with Gasteiger partial charge in [-0.05, 0) is 45.4 Å². The number of hydrogen-bond acceptors (Lipinski definition) is 3. The van der Waals surface area contributed by atoms with Crippen LogP contribution in [0.2, 0.25) is 0 Å². The van der Waals surface area contributed by atoms with Gasteiger partial charge in [0, 0.05) is 30.9 Å². The molecular formula is C18H26N6O. The summed E-state index contributed by atoms with van der Waals surface area (Å²) in [6, 6.07) is 2.58. The lowest BCUT2D eigenvalue weighted by Crippen LogP contribution is -2.37. The Balaban J connectivity index is 1.49. The number of nitrogens with zero attached hydrogens (tertiary/aromatic N) is 5. The van der Waals surface area contributed by atoms with Gasteiger partial charge in [-0.1, -0.05) is 0 Å². The van der Waals surface area contributed by atoms with E-state index in [0.29, 0.717) is 24.5 Å². The molecule has 0 bridgehead atoms. The summed E-state index contributed by atoms with van der Waals surface area (Å²) >= 11 is 0. The molecule has 0 aromatic carbocycles. The van der Waals surface area contributed by atoms with Gasteiger partial charge in [-0.25, -0.2) is 9.48 Å². The minimum Gasteiger partial charge on any atom is -0.317 e. The smallest absolute Gasteiger partial charge is 0.317 e. The van der Waals surface area contributed by atoms with Gasteiger partial charge in [-0.3, -0.25) is 10.00 Å². The minimum absolute atomic E-state index is 0.0458. The average molecular weight is 342 g/mol. The van der Waals surface area contributed by atoms with Crippen molar-refractivity contribution >= 4 is 11.8 Å². The van der Waals surface area contributed by atoms with Crippen molar-refractivity contribution in [2.45, 2.75) is 58.2 Å². The number of carbonyl (C=O) groups is 1. The van der Waals surface area contributed by atoms with E-state index in [4.69, 9.17) is 0 Å². The number of carbonyl (C=O) groups excluding carboxylic acids is 1. The lowest BCUT2D eigenvalue weighted by atomic mass is 10.2. The predicted octanol–water partition coefficient (Wildman–Crippen LogP) is 3.09. The normalized spacial score (nSPS) is 18.2. The second kappa shape index (κ2) is 6.20. The van der Waals surface area contributed by atoms with Crippen molar-refractivity contribution in [3.8, 4) is 0 Å². The first-order chi connectivity index (χ1) is 12.0. The number of rotatable bonds is 6. The van der Waals surface area contributed by atoms with E-state index in [-0.39, 0.29) is 6.03 Å². The SMILES string of the molecule is Cc1cc(NC(=O)N(Cc2cnn(C)c2)C2CC2)n(C(C)C2CC2)n1. The lowest BCUT2D eigenvalue weighted by Gasteiger charge is -2.23. The number of amides is 2. The summed E-state index contributed by atoms with van der Waals surface area (Å²) in [4.78, 5) is 14.8. The molecule has 1 N–H and O–H groups in total. The van der Waals surface area contributed by atoms with Crippen LogP contribution in [0.1, 0.15) is 49.9 Å². The van der Waals surface area contributed by atoms with Crippen LogP contribution in [0.25, 0.3) is 0 Å². The number of nitrogens with one attached hydrogen (secondary N) is 1. The van der Waals surface area contributed by atoms with Crippen LogP contribution in [0.3, 0.4) is 0 Å². The standard InChI is InChI=1S/C18H26N6O/c1-12-8-17(24(21-12)13(2)15-4-5-15)20-18(25)23(16-6-7-16)11-14-9-19-22(3)10-14/h8-10,13,15-16H,4-7,11H2,1-3H3,(H,20,25). The lowest BCUT2D eigenvalue weighted by molar-refractivity contribution is 0.205. The molecule has 7 heteroatoms. The fourth-order valence-corrected chi connectivity index (χ4v) is 3.38. The van der Waals surface area contributed by atoms with Crippen LogP contribution in [-0.2, 0) is 13.6 Å². The molecule has 0 spiro atoms. The zero-order valence-corrected chi connectivity index (χ0v) is 15.1. The first-order valence-electron chi connectivity index (χ1n) is 9.12. The van der Waals surface area contributed by atoms with Crippen molar-refractivity contribution < 1.29 is 4.79 Å². The van der Waals surface area contributed by atoms with E-state index in [9.17, 15) is 4.79 Å². The summed E-state index contributed by atoms with van der Waals surface area (Å²) in [5.74, 6) is 1.49. The monoisotopic (exact) mass is 342 g/mol. The molecule has 4 rings (SSSR count). The molecule has 7 nitrogen and oxygen atoms in total. The highest BCUT2D eigenvalue weighted by atomic mass is 16.2. The minimum atomic E-state index is -0.0458. The van der Waals surface area contributed by atoms with Crippen molar-refractivity contribution in [3.63, 3.8) is 0 Å². The Bertz CT molecular complexity index is 770. The Morgan fingerprint density at radius 2 is 2.16 bits per heavy atom. The number of urea groups is 1. The molecule has 0 radical (unpaired) electrons. The van der Waals surface area contributed by atoms with Gasteiger partial charge in [-0.15, -0.1) is 0 Å². The second-order valence-corrected chi connectivity index (χ2v) is 7.51. The highest BCUT2D eigenvalue weighted by molar-refractivity contribution is 5.89. The Labute approximate surface area is 148 Å². The third-order valence-electron chi connectivity index (χ3n) is 5.14. The maximum atomic E-state index is 12.9. The molecule has 0 saturated heterocycles. The fraction of sp³-hybridized carbons (Fsp3) is 0.611. The van der Waals surface area contributed by atoms with Crippen molar-refractivity contribution in [2.75, 3.05) is 5.32 Å². The number of hydrogen-bond donors (Lipinski definition) is 1. The van der Waals surface area contributed by atoms with Crippen molar-refractivity contribution in [1.82, 2.24) is 24.5 Å². The summed E-state index contributed by atoms with van der Waals surface area (Å²) in [5, 5.41) is 11.9. The van der Waals surface area contributed by atoms with Gasteiger partial charge >= 0.3 is 6.03 Å². The molecular weight excluding hydrogens is 316 g/mol. The maximum absolute atomic E-state index is 12.9. The van der Waals surface area contributed by atoms with Crippen molar-refractivity contribution in [2.24, 2.45) is 13.0 Å². The molecule has 2 amide bonds. The molecule has 2 aromatic heterocycles. The number of aryl methyl sites for hydroxylation is 2. The molecule has 134 valence electrons. The fourth-order valence-electron chi connectivity index (χ4n) is 3.38. The van der Waals surface area contributed by atoms with E-state index in [1.165, 1.54) is 12.8 Å². The summed E-state index contributed by atoms with van der Waals surface area (Å²) < 4.78 is 3.76.